The molecule has 0 spiro atoms. The number of carboxylic acids is 1. The van der Waals surface area contributed by atoms with E-state index in [0.29, 0.717) is 12.0 Å². The smallest absolute Gasteiger partial charge is 0.330 e. The molecule has 0 atom stereocenters. The molecule has 1 N–H and O–H groups in total. The average Bonchev–Trinajstić information content (AvgIpc) is 2.10. The Labute approximate surface area is 97.2 Å². The number of hydrogen-bond acceptors (Lipinski definition) is 3. The molecule has 0 radical (unpaired) electrons. The zero-order valence-electron chi connectivity index (χ0n) is 11.0. The van der Waals surface area contributed by atoms with E-state index in [1.54, 1.807) is 13.0 Å². The molecule has 0 fully saturated rings. The van der Waals surface area contributed by atoms with Crippen molar-refractivity contribution in [1.29, 1.82) is 0 Å². The Hall–Kier alpha value is -0.870. The molecule has 0 aliphatic carbocycles. The fraction of sp³-hybridized carbons (Fsp3) is 0.750. The van der Waals surface area contributed by atoms with Crippen LogP contribution in [-0.2, 0) is 14.6 Å². The lowest BCUT2D eigenvalue weighted by molar-refractivity contribution is -0.396. The third-order valence-corrected chi connectivity index (χ3v) is 1.75. The lowest BCUT2D eigenvalue weighted by atomic mass is 10.0. The predicted molar refractivity (Wildman–Crippen MR) is 62.0 cm³/mol. The molecule has 0 unspecified atom stereocenters. The van der Waals surface area contributed by atoms with E-state index in [9.17, 15) is 4.79 Å². The summed E-state index contributed by atoms with van der Waals surface area (Å²) in [6.07, 6.45) is 2.12. The Morgan fingerprint density at radius 1 is 1.19 bits per heavy atom. The zero-order chi connectivity index (χ0) is 13.0. The number of carboxylic acid groups (broad SMARTS) is 1. The number of carbonyl (C=O) groups is 1. The van der Waals surface area contributed by atoms with Crippen molar-refractivity contribution in [1.82, 2.24) is 0 Å². The van der Waals surface area contributed by atoms with E-state index in [2.05, 4.69) is 0 Å². The van der Waals surface area contributed by atoms with Gasteiger partial charge in [-0.15, -0.1) is 0 Å². The van der Waals surface area contributed by atoms with E-state index < -0.39 is 11.6 Å². The first-order valence-corrected chi connectivity index (χ1v) is 5.30. The first-order chi connectivity index (χ1) is 7.03. The fourth-order valence-electron chi connectivity index (χ4n) is 0.758. The van der Waals surface area contributed by atoms with Crippen molar-refractivity contribution >= 4 is 5.97 Å². The van der Waals surface area contributed by atoms with Crippen LogP contribution in [-0.4, -0.2) is 22.3 Å². The summed E-state index contributed by atoms with van der Waals surface area (Å²) in [4.78, 5) is 21.1. The van der Waals surface area contributed by atoms with Gasteiger partial charge in [-0.2, -0.15) is 0 Å². The highest BCUT2D eigenvalue weighted by molar-refractivity contribution is 5.85. The normalized spacial score (nSPS) is 14.0. The van der Waals surface area contributed by atoms with Crippen LogP contribution in [0.4, 0.5) is 0 Å². The van der Waals surface area contributed by atoms with Gasteiger partial charge in [-0.3, -0.25) is 0 Å². The highest BCUT2D eigenvalue weighted by Crippen LogP contribution is 2.20. The maximum absolute atomic E-state index is 10.6. The van der Waals surface area contributed by atoms with Gasteiger partial charge in [0.1, 0.15) is 5.60 Å². The van der Waals surface area contributed by atoms with Crippen LogP contribution in [0.2, 0.25) is 0 Å². The molecule has 0 bridgehead atoms. The van der Waals surface area contributed by atoms with Gasteiger partial charge < -0.3 is 5.11 Å². The van der Waals surface area contributed by atoms with Gasteiger partial charge in [0, 0.05) is 5.57 Å². The van der Waals surface area contributed by atoms with Gasteiger partial charge in [0.2, 0.25) is 0 Å². The summed E-state index contributed by atoms with van der Waals surface area (Å²) in [6.45, 7) is 10.9. The van der Waals surface area contributed by atoms with Gasteiger partial charge in [0.05, 0.1) is 5.60 Å². The van der Waals surface area contributed by atoms with Crippen LogP contribution in [0.1, 0.15) is 48.0 Å². The Morgan fingerprint density at radius 2 is 1.69 bits per heavy atom. The van der Waals surface area contributed by atoms with Crippen molar-refractivity contribution in [3.05, 3.63) is 11.6 Å². The first-order valence-electron chi connectivity index (χ1n) is 5.30. The summed E-state index contributed by atoms with van der Waals surface area (Å²) in [5, 5.41) is 8.70. The SMILES string of the molecule is C/C(=C\CC(C)(C)OOC(C)(C)C)C(=O)O. The number of aliphatic carboxylic acids is 1. The molecule has 0 aromatic rings. The van der Waals surface area contributed by atoms with Crippen molar-refractivity contribution in [2.45, 2.75) is 59.2 Å². The molecule has 4 heteroatoms. The summed E-state index contributed by atoms with van der Waals surface area (Å²) in [5.74, 6) is -0.910. The average molecular weight is 230 g/mol. The van der Waals surface area contributed by atoms with Crippen LogP contribution >= 0.6 is 0 Å². The van der Waals surface area contributed by atoms with Gasteiger partial charge in [0.15, 0.2) is 0 Å². The van der Waals surface area contributed by atoms with Gasteiger partial charge >= 0.3 is 5.97 Å². The zero-order valence-corrected chi connectivity index (χ0v) is 11.0. The van der Waals surface area contributed by atoms with E-state index in [1.807, 2.05) is 34.6 Å². The largest absolute Gasteiger partial charge is 0.478 e. The second kappa shape index (κ2) is 5.46. The molecule has 0 amide bonds. The van der Waals surface area contributed by atoms with Crippen molar-refractivity contribution in [2.75, 3.05) is 0 Å². The van der Waals surface area contributed by atoms with Crippen molar-refractivity contribution < 1.29 is 19.7 Å². The van der Waals surface area contributed by atoms with Crippen LogP contribution in [0.3, 0.4) is 0 Å². The summed E-state index contributed by atoms with van der Waals surface area (Å²) in [5.41, 5.74) is -0.597. The van der Waals surface area contributed by atoms with Gasteiger partial charge in [-0.25, -0.2) is 14.6 Å². The Morgan fingerprint density at radius 3 is 2.06 bits per heavy atom. The lowest BCUT2D eigenvalue weighted by Crippen LogP contribution is -2.30. The van der Waals surface area contributed by atoms with Crippen LogP contribution in [0.25, 0.3) is 0 Å². The van der Waals surface area contributed by atoms with E-state index >= 15 is 0 Å². The Kier molecular flexibility index (Phi) is 5.16. The molecule has 4 nitrogen and oxygen atoms in total. The van der Waals surface area contributed by atoms with E-state index in [4.69, 9.17) is 14.9 Å². The number of hydrogen-bond donors (Lipinski definition) is 1. The molecule has 0 aliphatic rings. The molecule has 0 aromatic heterocycles. The minimum atomic E-state index is -0.910. The summed E-state index contributed by atoms with van der Waals surface area (Å²) in [7, 11) is 0. The summed E-state index contributed by atoms with van der Waals surface area (Å²) in [6, 6.07) is 0. The molecule has 16 heavy (non-hydrogen) atoms. The Balaban J connectivity index is 4.25. The minimum Gasteiger partial charge on any atom is -0.478 e. The van der Waals surface area contributed by atoms with E-state index in [0.717, 1.165) is 0 Å². The molecule has 0 saturated heterocycles. The molecule has 0 aromatic carbocycles. The first kappa shape index (κ1) is 15.1. The minimum absolute atomic E-state index is 0.312. The van der Waals surface area contributed by atoms with Crippen molar-refractivity contribution in [3.8, 4) is 0 Å². The van der Waals surface area contributed by atoms with Crippen LogP contribution in [0.5, 0.6) is 0 Å². The molecule has 0 heterocycles. The highest BCUT2D eigenvalue weighted by Gasteiger charge is 2.23. The molecule has 0 saturated carbocycles. The van der Waals surface area contributed by atoms with Crippen molar-refractivity contribution in [3.63, 3.8) is 0 Å². The molecule has 94 valence electrons. The van der Waals surface area contributed by atoms with Gasteiger partial charge in [0.25, 0.3) is 0 Å². The lowest BCUT2D eigenvalue weighted by Gasteiger charge is -2.27. The highest BCUT2D eigenvalue weighted by atomic mass is 17.2. The second-order valence-corrected chi connectivity index (χ2v) is 5.44. The fourth-order valence-corrected chi connectivity index (χ4v) is 0.758. The number of rotatable bonds is 5. The monoisotopic (exact) mass is 230 g/mol. The molecule has 0 rings (SSSR count). The molecule has 0 aliphatic heterocycles. The molecular weight excluding hydrogens is 208 g/mol. The van der Waals surface area contributed by atoms with E-state index in [1.165, 1.54) is 0 Å². The quantitative estimate of drug-likeness (QED) is 0.448. The predicted octanol–water partition coefficient (Wildman–Crippen LogP) is 2.93. The van der Waals surface area contributed by atoms with Crippen LogP contribution in [0.15, 0.2) is 11.6 Å². The maximum Gasteiger partial charge on any atom is 0.330 e. The van der Waals surface area contributed by atoms with Crippen LogP contribution in [0, 0.1) is 0 Å². The van der Waals surface area contributed by atoms with E-state index in [-0.39, 0.29) is 5.60 Å². The maximum atomic E-state index is 10.6. The van der Waals surface area contributed by atoms with Crippen molar-refractivity contribution in [2.24, 2.45) is 0 Å². The standard InChI is InChI=1S/C12H22O4/c1-9(10(13)14)7-8-12(5,6)16-15-11(2,3)4/h7H,8H2,1-6H3,(H,13,14)/b9-7+. The Bertz CT molecular complexity index is 271. The third kappa shape index (κ3) is 7.43. The topological polar surface area (TPSA) is 55.8 Å². The third-order valence-electron chi connectivity index (χ3n) is 1.75. The second-order valence-electron chi connectivity index (χ2n) is 5.44. The van der Waals surface area contributed by atoms with Crippen LogP contribution < -0.4 is 0 Å². The molecular formula is C12H22O4. The van der Waals surface area contributed by atoms with Gasteiger partial charge in [-0.1, -0.05) is 6.08 Å². The van der Waals surface area contributed by atoms with Gasteiger partial charge in [-0.05, 0) is 48.0 Å². The summed E-state index contributed by atoms with van der Waals surface area (Å²) < 4.78 is 0. The summed E-state index contributed by atoms with van der Waals surface area (Å²) >= 11 is 0.